The van der Waals surface area contributed by atoms with Crippen molar-refractivity contribution in [3.8, 4) is 0 Å². The summed E-state index contributed by atoms with van der Waals surface area (Å²) in [6, 6.07) is 21.1. The molecular weight excluding hydrogens is 372 g/mol. The summed E-state index contributed by atoms with van der Waals surface area (Å²) < 4.78 is 25.6. The van der Waals surface area contributed by atoms with E-state index in [2.05, 4.69) is 5.32 Å². The fraction of sp³-hybridized carbons (Fsp3) is 0.227. The Bertz CT molecular complexity index is 1070. The van der Waals surface area contributed by atoms with Gasteiger partial charge in [0.25, 0.3) is 0 Å². The maximum absolute atomic E-state index is 12.5. The highest BCUT2D eigenvalue weighted by atomic mass is 32.2. The molecule has 0 aromatic heterocycles. The minimum atomic E-state index is -3.58. The van der Waals surface area contributed by atoms with Crippen molar-refractivity contribution in [2.45, 2.75) is 19.9 Å². The number of carbonyl (C=O) groups is 1. The lowest BCUT2D eigenvalue weighted by Gasteiger charge is -2.22. The molecule has 0 atom stereocenters. The third-order valence-electron chi connectivity index (χ3n) is 4.68. The molecule has 28 heavy (non-hydrogen) atoms. The average molecular weight is 397 g/mol. The Morgan fingerprint density at radius 3 is 2.32 bits per heavy atom. The lowest BCUT2D eigenvalue weighted by atomic mass is 10.0. The predicted octanol–water partition coefficient (Wildman–Crippen LogP) is 3.48. The summed E-state index contributed by atoms with van der Waals surface area (Å²) in [4.78, 5) is 12.5. The summed E-state index contributed by atoms with van der Waals surface area (Å²) in [7, 11) is -3.58. The average Bonchev–Trinajstić information content (AvgIpc) is 2.69. The number of carbonyl (C=O) groups excluding carboxylic acids is 1. The fourth-order valence-electron chi connectivity index (χ4n) is 3.12. The van der Waals surface area contributed by atoms with E-state index in [1.807, 2.05) is 61.5 Å². The van der Waals surface area contributed by atoms with Crippen LogP contribution in [0.1, 0.15) is 18.1 Å². The van der Waals surface area contributed by atoms with E-state index in [0.717, 1.165) is 38.9 Å². The van der Waals surface area contributed by atoms with Crippen LogP contribution in [0.3, 0.4) is 0 Å². The summed E-state index contributed by atoms with van der Waals surface area (Å²) in [6.45, 7) is 2.12. The van der Waals surface area contributed by atoms with E-state index < -0.39 is 10.0 Å². The first-order chi connectivity index (χ1) is 13.4. The van der Waals surface area contributed by atoms with Gasteiger partial charge in [-0.15, -0.1) is 0 Å². The Hall–Kier alpha value is -2.86. The monoisotopic (exact) mass is 396 g/mol. The van der Waals surface area contributed by atoms with Gasteiger partial charge in [0, 0.05) is 6.54 Å². The molecule has 5 nitrogen and oxygen atoms in total. The number of nitrogens with one attached hydrogen (secondary N) is 1. The lowest BCUT2D eigenvalue weighted by molar-refractivity contribution is -0.119. The van der Waals surface area contributed by atoms with Crippen LogP contribution in [0, 0.1) is 0 Å². The lowest BCUT2D eigenvalue weighted by Crippen LogP contribution is -2.40. The van der Waals surface area contributed by atoms with E-state index in [4.69, 9.17) is 0 Å². The highest BCUT2D eigenvalue weighted by Crippen LogP contribution is 2.20. The SMILES string of the molecule is CCc1ccc(N(CC(=O)NCc2cccc3ccccc23)S(C)(=O)=O)cc1. The molecular formula is C22H24N2O3S. The summed E-state index contributed by atoms with van der Waals surface area (Å²) >= 11 is 0. The number of benzene rings is 3. The number of fused-ring (bicyclic) bond motifs is 1. The molecule has 0 fully saturated rings. The molecule has 1 amide bonds. The van der Waals surface area contributed by atoms with Crippen LogP contribution in [-0.2, 0) is 27.8 Å². The van der Waals surface area contributed by atoms with Crippen LogP contribution in [0.5, 0.6) is 0 Å². The smallest absolute Gasteiger partial charge is 0.241 e. The summed E-state index contributed by atoms with van der Waals surface area (Å²) in [5.41, 5.74) is 2.59. The summed E-state index contributed by atoms with van der Waals surface area (Å²) in [5, 5.41) is 5.01. The molecule has 0 aliphatic rings. The van der Waals surface area contributed by atoms with Gasteiger partial charge in [-0.25, -0.2) is 8.42 Å². The maximum atomic E-state index is 12.5. The highest BCUT2D eigenvalue weighted by molar-refractivity contribution is 7.92. The number of amides is 1. The summed E-state index contributed by atoms with van der Waals surface area (Å²) in [6.07, 6.45) is 1.98. The molecule has 0 spiro atoms. The molecule has 6 heteroatoms. The first kappa shape index (κ1) is 19.9. The molecule has 0 heterocycles. The zero-order valence-electron chi connectivity index (χ0n) is 16.1. The second kappa shape index (κ2) is 8.44. The van der Waals surface area contributed by atoms with Gasteiger partial charge < -0.3 is 5.32 Å². The standard InChI is InChI=1S/C22H24N2O3S/c1-3-17-11-13-20(14-12-17)24(28(2,26)27)16-22(25)23-15-19-9-6-8-18-7-4-5-10-21(18)19/h4-14H,3,15-16H2,1-2H3,(H,23,25). The van der Waals surface area contributed by atoms with Crippen LogP contribution >= 0.6 is 0 Å². The van der Waals surface area contributed by atoms with Crippen LogP contribution in [0.4, 0.5) is 5.69 Å². The van der Waals surface area contributed by atoms with E-state index >= 15 is 0 Å². The van der Waals surface area contributed by atoms with Gasteiger partial charge in [0.05, 0.1) is 11.9 Å². The Morgan fingerprint density at radius 1 is 0.964 bits per heavy atom. The van der Waals surface area contributed by atoms with Gasteiger partial charge in [-0.3, -0.25) is 9.10 Å². The van der Waals surface area contributed by atoms with Crippen molar-refractivity contribution in [3.05, 3.63) is 77.9 Å². The third kappa shape index (κ3) is 4.70. The molecule has 1 N–H and O–H groups in total. The fourth-order valence-corrected chi connectivity index (χ4v) is 3.98. The first-order valence-corrected chi connectivity index (χ1v) is 11.0. The van der Waals surface area contributed by atoms with Crippen LogP contribution in [0.15, 0.2) is 66.7 Å². The number of aryl methyl sites for hydroxylation is 1. The van der Waals surface area contributed by atoms with Gasteiger partial charge in [0.1, 0.15) is 6.54 Å². The minimum absolute atomic E-state index is 0.255. The Labute approximate surface area is 166 Å². The third-order valence-corrected chi connectivity index (χ3v) is 5.82. The van der Waals surface area contributed by atoms with Crippen molar-refractivity contribution in [1.82, 2.24) is 5.32 Å². The van der Waals surface area contributed by atoms with Crippen LogP contribution in [0.25, 0.3) is 10.8 Å². The van der Waals surface area contributed by atoms with Crippen LogP contribution < -0.4 is 9.62 Å². The van der Waals surface area contributed by atoms with Crippen molar-refractivity contribution in [2.24, 2.45) is 0 Å². The number of hydrogen-bond donors (Lipinski definition) is 1. The second-order valence-corrected chi connectivity index (χ2v) is 8.61. The quantitative estimate of drug-likeness (QED) is 0.665. The van der Waals surface area contributed by atoms with Gasteiger partial charge in [0.15, 0.2) is 0 Å². The van der Waals surface area contributed by atoms with Crippen molar-refractivity contribution in [1.29, 1.82) is 0 Å². The Balaban J connectivity index is 1.73. The number of nitrogens with zero attached hydrogens (tertiary/aromatic N) is 1. The Kier molecular flexibility index (Phi) is 5.99. The van der Waals surface area contributed by atoms with Crippen molar-refractivity contribution < 1.29 is 13.2 Å². The molecule has 0 unspecified atom stereocenters. The number of hydrogen-bond acceptors (Lipinski definition) is 3. The number of rotatable bonds is 7. The predicted molar refractivity (Wildman–Crippen MR) is 114 cm³/mol. The number of sulfonamides is 1. The number of anilines is 1. The molecule has 146 valence electrons. The van der Waals surface area contributed by atoms with Crippen molar-refractivity contribution in [3.63, 3.8) is 0 Å². The van der Waals surface area contributed by atoms with E-state index in [9.17, 15) is 13.2 Å². The molecule has 0 aliphatic carbocycles. The minimum Gasteiger partial charge on any atom is -0.350 e. The molecule has 3 rings (SSSR count). The van der Waals surface area contributed by atoms with Crippen LogP contribution in [0.2, 0.25) is 0 Å². The zero-order valence-corrected chi connectivity index (χ0v) is 16.9. The van der Waals surface area contributed by atoms with Gasteiger partial charge in [-0.2, -0.15) is 0 Å². The van der Waals surface area contributed by atoms with E-state index in [0.29, 0.717) is 12.2 Å². The van der Waals surface area contributed by atoms with Crippen LogP contribution in [-0.4, -0.2) is 27.1 Å². The largest absolute Gasteiger partial charge is 0.350 e. The molecule has 0 aliphatic heterocycles. The topological polar surface area (TPSA) is 66.5 Å². The molecule has 0 bridgehead atoms. The van der Waals surface area contributed by atoms with Gasteiger partial charge in [-0.05, 0) is 40.5 Å². The molecule has 3 aromatic rings. The zero-order chi connectivity index (χ0) is 20.1. The first-order valence-electron chi connectivity index (χ1n) is 9.18. The van der Waals surface area contributed by atoms with Gasteiger partial charge in [0.2, 0.25) is 15.9 Å². The maximum Gasteiger partial charge on any atom is 0.241 e. The van der Waals surface area contributed by atoms with Crippen molar-refractivity contribution in [2.75, 3.05) is 17.1 Å². The van der Waals surface area contributed by atoms with Crippen molar-refractivity contribution >= 4 is 32.4 Å². The molecule has 0 saturated carbocycles. The van der Waals surface area contributed by atoms with E-state index in [1.165, 1.54) is 0 Å². The molecule has 0 saturated heterocycles. The Morgan fingerprint density at radius 2 is 1.64 bits per heavy atom. The normalized spacial score (nSPS) is 11.4. The van der Waals surface area contributed by atoms with E-state index in [1.54, 1.807) is 12.1 Å². The van der Waals surface area contributed by atoms with Gasteiger partial charge >= 0.3 is 0 Å². The molecule has 3 aromatic carbocycles. The molecule has 0 radical (unpaired) electrons. The second-order valence-electron chi connectivity index (χ2n) is 6.70. The van der Waals surface area contributed by atoms with E-state index in [-0.39, 0.29) is 12.5 Å². The van der Waals surface area contributed by atoms with Gasteiger partial charge in [-0.1, -0.05) is 61.5 Å². The summed E-state index contributed by atoms with van der Waals surface area (Å²) in [5.74, 6) is -0.349. The highest BCUT2D eigenvalue weighted by Gasteiger charge is 2.20.